The van der Waals surface area contributed by atoms with Gasteiger partial charge in [-0.2, -0.15) is 5.10 Å². The average molecular weight is 259 g/mol. The van der Waals surface area contributed by atoms with Crippen molar-refractivity contribution in [2.24, 2.45) is 12.1 Å². The summed E-state index contributed by atoms with van der Waals surface area (Å²) in [5, 5.41) is 5.56. The number of anilines is 1. The molecule has 0 saturated heterocycles. The Hall–Kier alpha value is -2.70. The van der Waals surface area contributed by atoms with E-state index in [9.17, 15) is 9.59 Å². The molecule has 0 aliphatic heterocycles. The largest absolute Gasteiger partial charge is 0.329 e. The third kappa shape index (κ3) is 2.95. The number of hydrazone groups is 1. The number of pyridine rings is 1. The van der Waals surface area contributed by atoms with Crippen LogP contribution in [0, 0.1) is 0 Å². The fourth-order valence-electron chi connectivity index (χ4n) is 1.38. The van der Waals surface area contributed by atoms with Crippen molar-refractivity contribution in [3.8, 4) is 0 Å². The predicted molar refractivity (Wildman–Crippen MR) is 72.5 cm³/mol. The first kappa shape index (κ1) is 12.7. The van der Waals surface area contributed by atoms with Gasteiger partial charge >= 0.3 is 5.69 Å². The monoisotopic (exact) mass is 259 g/mol. The van der Waals surface area contributed by atoms with Gasteiger partial charge in [0.05, 0.1) is 6.21 Å². The molecular weight excluding hydrogens is 246 g/mol. The fourth-order valence-corrected chi connectivity index (χ4v) is 1.38. The van der Waals surface area contributed by atoms with Crippen molar-refractivity contribution in [2.75, 3.05) is 12.1 Å². The van der Waals surface area contributed by atoms with E-state index >= 15 is 0 Å². The Morgan fingerprint density at radius 2 is 2.05 bits per heavy atom. The van der Waals surface area contributed by atoms with E-state index in [4.69, 9.17) is 0 Å². The first-order chi connectivity index (χ1) is 9.08. The summed E-state index contributed by atoms with van der Waals surface area (Å²) in [6.07, 6.45) is 4.92. The lowest BCUT2D eigenvalue weighted by Crippen LogP contribution is -2.33. The van der Waals surface area contributed by atoms with Crippen LogP contribution in [0.4, 0.5) is 5.82 Å². The maximum absolute atomic E-state index is 11.5. The first-order valence-corrected chi connectivity index (χ1v) is 5.56. The van der Waals surface area contributed by atoms with Crippen LogP contribution >= 0.6 is 0 Å². The topological polar surface area (TPSA) is 83.3 Å². The summed E-state index contributed by atoms with van der Waals surface area (Å²) in [5.41, 5.74) is 0.00574. The number of H-pyrrole nitrogens is 1. The normalized spacial score (nSPS) is 10.8. The van der Waals surface area contributed by atoms with Crippen LogP contribution in [0.25, 0.3) is 0 Å². The van der Waals surface area contributed by atoms with E-state index in [1.54, 1.807) is 37.8 Å². The van der Waals surface area contributed by atoms with Crippen LogP contribution in [-0.4, -0.2) is 27.8 Å². The number of rotatable bonds is 3. The van der Waals surface area contributed by atoms with E-state index in [1.807, 2.05) is 0 Å². The van der Waals surface area contributed by atoms with Crippen molar-refractivity contribution in [2.45, 2.75) is 0 Å². The average Bonchev–Trinajstić information content (AvgIpc) is 2.42. The molecule has 2 aromatic rings. The molecule has 0 bridgehead atoms. The van der Waals surface area contributed by atoms with E-state index in [2.05, 4.69) is 15.1 Å². The van der Waals surface area contributed by atoms with Gasteiger partial charge in [0.1, 0.15) is 5.82 Å². The zero-order valence-corrected chi connectivity index (χ0v) is 10.6. The minimum Gasteiger partial charge on any atom is -0.292 e. The first-order valence-electron chi connectivity index (χ1n) is 5.56. The van der Waals surface area contributed by atoms with Gasteiger partial charge in [-0.05, 0) is 17.7 Å². The summed E-state index contributed by atoms with van der Waals surface area (Å²) in [6, 6.07) is 4.90. The Morgan fingerprint density at radius 3 is 2.68 bits per heavy atom. The third-order valence-electron chi connectivity index (χ3n) is 2.57. The highest BCUT2D eigenvalue weighted by atomic mass is 16.2. The molecule has 7 nitrogen and oxygen atoms in total. The van der Waals surface area contributed by atoms with E-state index in [0.717, 1.165) is 10.1 Å². The predicted octanol–water partition coefficient (Wildman–Crippen LogP) is -0.0611. The molecule has 19 heavy (non-hydrogen) atoms. The second-order valence-electron chi connectivity index (χ2n) is 3.91. The second-order valence-corrected chi connectivity index (χ2v) is 3.91. The quantitative estimate of drug-likeness (QED) is 0.618. The summed E-state index contributed by atoms with van der Waals surface area (Å²) in [7, 11) is 3.05. The van der Waals surface area contributed by atoms with Gasteiger partial charge in [0.15, 0.2) is 0 Å². The molecule has 98 valence electrons. The zero-order chi connectivity index (χ0) is 13.8. The van der Waals surface area contributed by atoms with Gasteiger partial charge in [0.2, 0.25) is 0 Å². The summed E-state index contributed by atoms with van der Waals surface area (Å²) in [6.45, 7) is 0. The van der Waals surface area contributed by atoms with Crippen LogP contribution in [0.3, 0.4) is 0 Å². The van der Waals surface area contributed by atoms with Crippen molar-refractivity contribution in [1.82, 2.24) is 14.5 Å². The van der Waals surface area contributed by atoms with E-state index in [-0.39, 0.29) is 5.56 Å². The maximum Gasteiger partial charge on any atom is 0.329 e. The molecule has 0 amide bonds. The summed E-state index contributed by atoms with van der Waals surface area (Å²) in [4.78, 5) is 29.4. The van der Waals surface area contributed by atoms with E-state index in [1.165, 1.54) is 18.1 Å². The van der Waals surface area contributed by atoms with Gasteiger partial charge in [-0.1, -0.05) is 0 Å². The lowest BCUT2D eigenvalue weighted by Gasteiger charge is -2.12. The van der Waals surface area contributed by atoms with E-state index in [0.29, 0.717) is 5.82 Å². The highest BCUT2D eigenvalue weighted by Gasteiger charge is 2.03. The van der Waals surface area contributed by atoms with Gasteiger partial charge in [0.25, 0.3) is 5.56 Å². The molecule has 2 heterocycles. The summed E-state index contributed by atoms with van der Waals surface area (Å²) in [5.74, 6) is 0.332. The van der Waals surface area contributed by atoms with Crippen LogP contribution in [0.15, 0.2) is 45.3 Å². The Morgan fingerprint density at radius 1 is 1.37 bits per heavy atom. The van der Waals surface area contributed by atoms with Crippen molar-refractivity contribution in [3.63, 3.8) is 0 Å². The standard InChI is InChI=1S/C12H13N5O2/c1-16-11(18)7-10(15-12(16)19)17(2)14-8-9-3-5-13-6-4-9/h3-8H,1-2H3,(H,15,19). The molecule has 7 heteroatoms. The lowest BCUT2D eigenvalue weighted by atomic mass is 10.3. The molecule has 0 aliphatic carbocycles. The second kappa shape index (κ2) is 5.30. The highest BCUT2D eigenvalue weighted by molar-refractivity contribution is 5.79. The molecule has 0 saturated carbocycles. The maximum atomic E-state index is 11.5. The summed E-state index contributed by atoms with van der Waals surface area (Å²) < 4.78 is 0.990. The zero-order valence-electron chi connectivity index (χ0n) is 10.6. The van der Waals surface area contributed by atoms with Crippen molar-refractivity contribution in [1.29, 1.82) is 0 Å². The van der Waals surface area contributed by atoms with E-state index < -0.39 is 5.69 Å². The van der Waals surface area contributed by atoms with Crippen LogP contribution in [0.2, 0.25) is 0 Å². The molecule has 0 atom stereocenters. The molecule has 0 unspecified atom stereocenters. The number of nitrogens with zero attached hydrogens (tertiary/aromatic N) is 4. The van der Waals surface area contributed by atoms with Crippen LogP contribution in [-0.2, 0) is 7.05 Å². The molecule has 0 aliphatic rings. The number of aromatic nitrogens is 3. The third-order valence-corrected chi connectivity index (χ3v) is 2.57. The minimum atomic E-state index is -0.478. The minimum absolute atomic E-state index is 0.332. The smallest absolute Gasteiger partial charge is 0.292 e. The van der Waals surface area contributed by atoms with Gasteiger partial charge in [-0.15, -0.1) is 0 Å². The molecule has 0 spiro atoms. The van der Waals surface area contributed by atoms with Crippen LogP contribution < -0.4 is 16.3 Å². The number of aromatic amines is 1. The SMILES string of the molecule is CN(N=Cc1ccncc1)c1cc(=O)n(C)c(=O)[nH]1. The van der Waals surface area contributed by atoms with Crippen molar-refractivity contribution in [3.05, 3.63) is 57.0 Å². The molecule has 0 radical (unpaired) electrons. The molecule has 0 fully saturated rings. The van der Waals surface area contributed by atoms with Gasteiger partial charge < -0.3 is 0 Å². The molecular formula is C12H13N5O2. The fraction of sp³-hybridized carbons (Fsp3) is 0.167. The van der Waals surface area contributed by atoms with Crippen LogP contribution in [0.5, 0.6) is 0 Å². The number of hydrogen-bond acceptors (Lipinski definition) is 5. The molecule has 2 rings (SSSR count). The summed E-state index contributed by atoms with van der Waals surface area (Å²) >= 11 is 0. The number of hydrogen-bond donors (Lipinski definition) is 1. The molecule has 2 aromatic heterocycles. The molecule has 1 N–H and O–H groups in total. The Kier molecular flexibility index (Phi) is 3.56. The van der Waals surface area contributed by atoms with Crippen LogP contribution in [0.1, 0.15) is 5.56 Å². The lowest BCUT2D eigenvalue weighted by molar-refractivity contribution is 0.766. The van der Waals surface area contributed by atoms with Crippen molar-refractivity contribution >= 4 is 12.0 Å². The Balaban J connectivity index is 2.26. The Labute approximate surface area is 108 Å². The van der Waals surface area contributed by atoms with Gasteiger partial charge in [0, 0.05) is 32.6 Å². The number of nitrogens with one attached hydrogen (secondary N) is 1. The Bertz CT molecular complexity index is 671. The highest BCUT2D eigenvalue weighted by Crippen LogP contribution is 2.02. The van der Waals surface area contributed by atoms with Gasteiger partial charge in [-0.3, -0.25) is 24.3 Å². The van der Waals surface area contributed by atoms with Gasteiger partial charge in [-0.25, -0.2) is 4.79 Å². The molecule has 0 aromatic carbocycles. The van der Waals surface area contributed by atoms with Crippen molar-refractivity contribution < 1.29 is 0 Å².